The molecule has 0 aliphatic rings. The highest BCUT2D eigenvalue weighted by atomic mass is 32.1. The van der Waals surface area contributed by atoms with E-state index in [1.54, 1.807) is 21.4 Å². The molecular formula is C16H22FN5OS. The van der Waals surface area contributed by atoms with E-state index in [2.05, 4.69) is 10.4 Å². The number of carbonyl (C=O) groups is 1. The minimum Gasteiger partial charge on any atom is -0.353 e. The van der Waals surface area contributed by atoms with Crippen LogP contribution in [0.25, 0.3) is 11.4 Å². The van der Waals surface area contributed by atoms with Crippen LogP contribution in [-0.2, 0) is 18.5 Å². The van der Waals surface area contributed by atoms with Crippen LogP contribution in [0.3, 0.4) is 0 Å². The van der Waals surface area contributed by atoms with Crippen LogP contribution in [0.4, 0.5) is 4.39 Å². The summed E-state index contributed by atoms with van der Waals surface area (Å²) in [4.78, 5) is 13.6. The van der Waals surface area contributed by atoms with E-state index < -0.39 is 0 Å². The summed E-state index contributed by atoms with van der Waals surface area (Å²) in [5.74, 6) is 0.309. The quantitative estimate of drug-likeness (QED) is 0.811. The molecule has 1 aromatic heterocycles. The molecule has 1 amide bonds. The van der Waals surface area contributed by atoms with Crippen LogP contribution in [0.2, 0.25) is 0 Å². The Morgan fingerprint density at radius 3 is 2.58 bits per heavy atom. The first-order valence-electron chi connectivity index (χ1n) is 7.65. The maximum atomic E-state index is 13.1. The van der Waals surface area contributed by atoms with Crippen molar-refractivity contribution in [2.75, 3.05) is 13.6 Å². The molecule has 130 valence electrons. The van der Waals surface area contributed by atoms with E-state index >= 15 is 0 Å². The summed E-state index contributed by atoms with van der Waals surface area (Å²) < 4.78 is 17.0. The number of nitrogens with zero attached hydrogens (tertiary/aromatic N) is 4. The highest BCUT2D eigenvalue weighted by Crippen LogP contribution is 2.17. The van der Waals surface area contributed by atoms with Crippen molar-refractivity contribution < 1.29 is 9.18 Å². The lowest BCUT2D eigenvalue weighted by Gasteiger charge is -2.17. The largest absolute Gasteiger partial charge is 0.353 e. The fourth-order valence-corrected chi connectivity index (χ4v) is 2.51. The van der Waals surface area contributed by atoms with Gasteiger partial charge in [-0.1, -0.05) is 0 Å². The molecule has 8 heteroatoms. The third kappa shape index (κ3) is 4.48. The Bertz CT molecular complexity index is 766. The van der Waals surface area contributed by atoms with E-state index in [0.29, 0.717) is 17.3 Å². The van der Waals surface area contributed by atoms with Crippen LogP contribution in [0.1, 0.15) is 13.8 Å². The topological polar surface area (TPSA) is 55.1 Å². The SMILES string of the molecule is CC(C)NC(=O)CN(C)Cn1nc(-c2ccc(F)cc2)n(C)c1=S. The van der Waals surface area contributed by atoms with Crippen LogP contribution >= 0.6 is 12.2 Å². The van der Waals surface area contributed by atoms with Crippen LogP contribution in [-0.4, -0.2) is 44.8 Å². The van der Waals surface area contributed by atoms with Gasteiger partial charge in [0, 0.05) is 18.7 Å². The summed E-state index contributed by atoms with van der Waals surface area (Å²) in [6.07, 6.45) is 0. The lowest BCUT2D eigenvalue weighted by atomic mass is 10.2. The van der Waals surface area contributed by atoms with Gasteiger partial charge in [0.15, 0.2) is 10.6 Å². The first-order valence-corrected chi connectivity index (χ1v) is 8.06. The molecule has 0 saturated carbocycles. The van der Waals surface area contributed by atoms with Crippen molar-refractivity contribution in [1.29, 1.82) is 0 Å². The van der Waals surface area contributed by atoms with E-state index in [0.717, 1.165) is 5.56 Å². The summed E-state index contributed by atoms with van der Waals surface area (Å²) in [6.45, 7) is 4.48. The zero-order chi connectivity index (χ0) is 17.9. The third-order valence-corrected chi connectivity index (χ3v) is 3.87. The summed E-state index contributed by atoms with van der Waals surface area (Å²) >= 11 is 5.40. The molecule has 0 atom stereocenters. The van der Waals surface area contributed by atoms with Gasteiger partial charge in [0.05, 0.1) is 13.2 Å². The van der Waals surface area contributed by atoms with E-state index in [1.165, 1.54) is 12.1 Å². The van der Waals surface area contributed by atoms with E-state index in [9.17, 15) is 9.18 Å². The molecule has 0 bridgehead atoms. The molecular weight excluding hydrogens is 329 g/mol. The number of nitrogens with one attached hydrogen (secondary N) is 1. The fourth-order valence-electron chi connectivity index (χ4n) is 2.32. The molecule has 1 aromatic carbocycles. The van der Waals surface area contributed by atoms with Gasteiger partial charge in [0.2, 0.25) is 5.91 Å². The molecule has 0 aliphatic heterocycles. The Morgan fingerprint density at radius 2 is 2.00 bits per heavy atom. The van der Waals surface area contributed by atoms with Gasteiger partial charge in [0.1, 0.15) is 5.82 Å². The Morgan fingerprint density at radius 1 is 1.38 bits per heavy atom. The Labute approximate surface area is 145 Å². The van der Waals surface area contributed by atoms with Crippen LogP contribution in [0.5, 0.6) is 0 Å². The maximum absolute atomic E-state index is 13.1. The normalized spacial score (nSPS) is 11.3. The molecule has 0 spiro atoms. The van der Waals surface area contributed by atoms with Crippen molar-refractivity contribution in [3.63, 3.8) is 0 Å². The average molecular weight is 351 g/mol. The van der Waals surface area contributed by atoms with Crippen LogP contribution in [0.15, 0.2) is 24.3 Å². The van der Waals surface area contributed by atoms with Crippen molar-refractivity contribution in [3.8, 4) is 11.4 Å². The minimum atomic E-state index is -0.296. The predicted molar refractivity (Wildman–Crippen MR) is 93.3 cm³/mol. The number of hydrogen-bond acceptors (Lipinski definition) is 4. The number of amides is 1. The Hall–Kier alpha value is -2.06. The molecule has 1 heterocycles. The van der Waals surface area contributed by atoms with E-state index in [4.69, 9.17) is 12.2 Å². The number of halogens is 1. The molecule has 0 fully saturated rings. The van der Waals surface area contributed by atoms with Gasteiger partial charge >= 0.3 is 0 Å². The van der Waals surface area contributed by atoms with Gasteiger partial charge < -0.3 is 9.88 Å². The molecule has 0 aliphatic carbocycles. The van der Waals surface area contributed by atoms with Gasteiger partial charge in [-0.05, 0) is 57.4 Å². The number of rotatable bonds is 6. The van der Waals surface area contributed by atoms with Crippen molar-refractivity contribution in [3.05, 3.63) is 34.9 Å². The highest BCUT2D eigenvalue weighted by molar-refractivity contribution is 7.71. The first kappa shape index (κ1) is 18.3. The first-order chi connectivity index (χ1) is 11.3. The summed E-state index contributed by atoms with van der Waals surface area (Å²) in [7, 11) is 3.64. The molecule has 0 saturated heterocycles. The Balaban J connectivity index is 2.14. The third-order valence-electron chi connectivity index (χ3n) is 3.38. The summed E-state index contributed by atoms with van der Waals surface area (Å²) in [5.41, 5.74) is 0.781. The van der Waals surface area contributed by atoms with Gasteiger partial charge in [-0.25, -0.2) is 9.07 Å². The summed E-state index contributed by atoms with van der Waals surface area (Å²) in [6, 6.07) is 6.21. The minimum absolute atomic E-state index is 0.0475. The van der Waals surface area contributed by atoms with Crippen LogP contribution < -0.4 is 5.32 Å². The zero-order valence-corrected chi connectivity index (χ0v) is 15.1. The Kier molecular flexibility index (Phi) is 5.84. The van der Waals surface area contributed by atoms with Gasteiger partial charge in [-0.2, -0.15) is 5.10 Å². The molecule has 1 N–H and O–H groups in total. The van der Waals surface area contributed by atoms with Crippen molar-refractivity contribution >= 4 is 18.1 Å². The van der Waals surface area contributed by atoms with Crippen molar-refractivity contribution in [2.45, 2.75) is 26.6 Å². The second-order valence-electron chi connectivity index (χ2n) is 6.05. The molecule has 0 unspecified atom stereocenters. The number of aromatic nitrogens is 3. The van der Waals surface area contributed by atoms with Crippen molar-refractivity contribution in [1.82, 2.24) is 24.6 Å². The van der Waals surface area contributed by atoms with Crippen molar-refractivity contribution in [2.24, 2.45) is 7.05 Å². The van der Waals surface area contributed by atoms with Gasteiger partial charge in [-0.3, -0.25) is 9.69 Å². The second kappa shape index (κ2) is 7.67. The molecule has 24 heavy (non-hydrogen) atoms. The van der Waals surface area contributed by atoms with E-state index in [-0.39, 0.29) is 24.3 Å². The highest BCUT2D eigenvalue weighted by Gasteiger charge is 2.13. The molecule has 6 nitrogen and oxygen atoms in total. The lowest BCUT2D eigenvalue weighted by molar-refractivity contribution is -0.122. The molecule has 2 rings (SSSR count). The average Bonchev–Trinajstić information content (AvgIpc) is 2.75. The number of benzene rings is 1. The van der Waals surface area contributed by atoms with E-state index in [1.807, 2.05) is 32.8 Å². The number of hydrogen-bond donors (Lipinski definition) is 1. The van der Waals surface area contributed by atoms with Crippen LogP contribution in [0, 0.1) is 10.6 Å². The second-order valence-corrected chi connectivity index (χ2v) is 6.41. The monoisotopic (exact) mass is 351 g/mol. The van der Waals surface area contributed by atoms with Gasteiger partial charge in [-0.15, -0.1) is 0 Å². The maximum Gasteiger partial charge on any atom is 0.234 e. The molecule has 0 radical (unpaired) electrons. The number of carbonyl (C=O) groups excluding carboxylic acids is 1. The predicted octanol–water partition coefficient (Wildman–Crippen LogP) is 2.17. The molecule has 2 aromatic rings. The van der Waals surface area contributed by atoms with Gasteiger partial charge in [0.25, 0.3) is 0 Å². The smallest absolute Gasteiger partial charge is 0.234 e. The summed E-state index contributed by atoms with van der Waals surface area (Å²) in [5, 5.41) is 7.34. The lowest BCUT2D eigenvalue weighted by Crippen LogP contribution is -2.39. The standard InChI is InChI=1S/C16H22FN5OS/c1-11(2)18-14(23)9-20(3)10-22-16(24)21(4)15(19-22)12-5-7-13(17)8-6-12/h5-8,11H,9-10H2,1-4H3,(H,18,23). The fraction of sp³-hybridized carbons (Fsp3) is 0.438. The zero-order valence-electron chi connectivity index (χ0n) is 14.3. The number of likely N-dealkylation sites (N-methyl/N-ethyl adjacent to an activating group) is 1.